The van der Waals surface area contributed by atoms with E-state index in [1.165, 1.54) is 0 Å². The Kier molecular flexibility index (Phi) is 8.11. The highest BCUT2D eigenvalue weighted by Crippen LogP contribution is 1.99. The van der Waals surface area contributed by atoms with E-state index in [1.54, 1.807) is 0 Å². The van der Waals surface area contributed by atoms with E-state index >= 15 is 0 Å². The topological polar surface area (TPSA) is 95.5 Å². The molecule has 0 fully saturated rings. The van der Waals surface area contributed by atoms with Crippen molar-refractivity contribution in [3.8, 4) is 12.3 Å². The first-order chi connectivity index (χ1) is 8.06. The third kappa shape index (κ3) is 10.3. The number of carboxylic acid groups (broad SMARTS) is 1. The lowest BCUT2D eigenvalue weighted by molar-refractivity contribution is -0.137. The zero-order chi connectivity index (χ0) is 13.1. The predicted molar refractivity (Wildman–Crippen MR) is 61.1 cm³/mol. The fourth-order valence-electron chi connectivity index (χ4n) is 1.04. The summed E-state index contributed by atoms with van der Waals surface area (Å²) < 4.78 is 0. The number of terminal acetylenes is 1. The van der Waals surface area contributed by atoms with Crippen LogP contribution in [0.2, 0.25) is 0 Å². The Bertz CT molecular complexity index is 320. The molecule has 6 nitrogen and oxygen atoms in total. The van der Waals surface area contributed by atoms with Crippen LogP contribution in [0.4, 0.5) is 4.79 Å². The highest BCUT2D eigenvalue weighted by atomic mass is 16.4. The molecule has 0 saturated heterocycles. The van der Waals surface area contributed by atoms with E-state index < -0.39 is 17.9 Å². The molecule has 0 bridgehead atoms. The largest absolute Gasteiger partial charge is 0.481 e. The summed E-state index contributed by atoms with van der Waals surface area (Å²) in [6.45, 7) is 0.314. The van der Waals surface area contributed by atoms with Crippen molar-refractivity contribution in [2.24, 2.45) is 0 Å². The lowest BCUT2D eigenvalue weighted by atomic mass is 10.2. The van der Waals surface area contributed by atoms with Gasteiger partial charge >= 0.3 is 12.0 Å². The summed E-state index contributed by atoms with van der Waals surface area (Å²) in [5.41, 5.74) is 0. The molecule has 0 aromatic rings. The number of carboxylic acids is 1. The minimum atomic E-state index is -0.891. The minimum Gasteiger partial charge on any atom is -0.481 e. The number of amides is 3. The van der Waals surface area contributed by atoms with Gasteiger partial charge in [0.05, 0.1) is 0 Å². The molecule has 0 heterocycles. The Labute approximate surface area is 99.8 Å². The Hall–Kier alpha value is -2.03. The van der Waals surface area contributed by atoms with Gasteiger partial charge in [-0.2, -0.15) is 0 Å². The minimum absolute atomic E-state index is 0.0294. The molecule has 0 spiro atoms. The van der Waals surface area contributed by atoms with Crippen molar-refractivity contribution >= 4 is 17.9 Å². The van der Waals surface area contributed by atoms with E-state index in [2.05, 4.69) is 16.6 Å². The standard InChI is InChI=1S/C11H16N2O4/c1-2-3-8-12-11(17)13-9(14)6-4-5-7-10(15)16/h1H,3-8H2,(H,15,16)(H2,12,13,14,17). The van der Waals surface area contributed by atoms with Gasteiger partial charge in [0.25, 0.3) is 0 Å². The molecule has 0 radical (unpaired) electrons. The SMILES string of the molecule is C#CCCNC(=O)NC(=O)CCCCC(=O)O. The van der Waals surface area contributed by atoms with Gasteiger partial charge in [-0.25, -0.2) is 4.79 Å². The Balaban J connectivity index is 3.54. The number of carbonyl (C=O) groups is 3. The second kappa shape index (κ2) is 9.21. The molecule has 0 aromatic heterocycles. The van der Waals surface area contributed by atoms with Crippen molar-refractivity contribution in [1.29, 1.82) is 0 Å². The molecule has 3 amide bonds. The van der Waals surface area contributed by atoms with E-state index in [0.717, 1.165) is 0 Å². The molecule has 0 aliphatic rings. The number of nitrogens with one attached hydrogen (secondary N) is 2. The molecule has 3 N–H and O–H groups in total. The Morgan fingerprint density at radius 1 is 1.18 bits per heavy atom. The van der Waals surface area contributed by atoms with Crippen molar-refractivity contribution in [2.75, 3.05) is 6.54 Å². The van der Waals surface area contributed by atoms with E-state index in [1.807, 2.05) is 0 Å². The highest BCUT2D eigenvalue weighted by molar-refractivity contribution is 5.94. The summed E-state index contributed by atoms with van der Waals surface area (Å²) in [5.74, 6) is 1.03. The first-order valence-electron chi connectivity index (χ1n) is 5.29. The smallest absolute Gasteiger partial charge is 0.321 e. The van der Waals surface area contributed by atoms with Crippen LogP contribution in [0.15, 0.2) is 0 Å². The second-order valence-corrected chi connectivity index (χ2v) is 3.36. The fraction of sp³-hybridized carbons (Fsp3) is 0.545. The average molecular weight is 240 g/mol. The number of aliphatic carboxylic acids is 1. The maximum atomic E-state index is 11.2. The summed E-state index contributed by atoms with van der Waals surface area (Å²) >= 11 is 0. The molecule has 0 aliphatic heterocycles. The van der Waals surface area contributed by atoms with Crippen molar-refractivity contribution in [3.05, 3.63) is 0 Å². The zero-order valence-corrected chi connectivity index (χ0v) is 9.49. The Morgan fingerprint density at radius 2 is 1.82 bits per heavy atom. The maximum absolute atomic E-state index is 11.2. The number of rotatable bonds is 7. The third-order valence-electron chi connectivity index (χ3n) is 1.85. The summed E-state index contributed by atoms with van der Waals surface area (Å²) in [7, 11) is 0. The van der Waals surface area contributed by atoms with Crippen LogP contribution in [0, 0.1) is 12.3 Å². The van der Waals surface area contributed by atoms with E-state index in [-0.39, 0.29) is 12.8 Å². The molecule has 0 aromatic carbocycles. The van der Waals surface area contributed by atoms with Gasteiger partial charge in [-0.05, 0) is 12.8 Å². The van der Waals surface area contributed by atoms with Gasteiger partial charge in [0.15, 0.2) is 0 Å². The van der Waals surface area contributed by atoms with Crippen LogP contribution in [-0.4, -0.2) is 29.6 Å². The molecule has 17 heavy (non-hydrogen) atoms. The molecule has 6 heteroatoms. The van der Waals surface area contributed by atoms with Crippen LogP contribution in [0.1, 0.15) is 32.1 Å². The van der Waals surface area contributed by atoms with Crippen LogP contribution in [0.25, 0.3) is 0 Å². The maximum Gasteiger partial charge on any atom is 0.321 e. The summed E-state index contributed by atoms with van der Waals surface area (Å²) in [4.78, 5) is 32.4. The van der Waals surface area contributed by atoms with Gasteiger partial charge in [0.1, 0.15) is 0 Å². The highest BCUT2D eigenvalue weighted by Gasteiger charge is 2.06. The monoisotopic (exact) mass is 240 g/mol. The van der Waals surface area contributed by atoms with Crippen LogP contribution < -0.4 is 10.6 Å². The Morgan fingerprint density at radius 3 is 2.41 bits per heavy atom. The third-order valence-corrected chi connectivity index (χ3v) is 1.85. The normalized spacial score (nSPS) is 9.12. The quantitative estimate of drug-likeness (QED) is 0.445. The van der Waals surface area contributed by atoms with Crippen LogP contribution in [0.5, 0.6) is 0 Å². The van der Waals surface area contributed by atoms with Crippen LogP contribution in [-0.2, 0) is 9.59 Å². The summed E-state index contributed by atoms with van der Waals surface area (Å²) in [6, 6.07) is -0.580. The number of urea groups is 1. The van der Waals surface area contributed by atoms with Crippen molar-refractivity contribution in [2.45, 2.75) is 32.1 Å². The van der Waals surface area contributed by atoms with Gasteiger partial charge in [-0.1, -0.05) is 0 Å². The van der Waals surface area contributed by atoms with Gasteiger partial charge in [0.2, 0.25) is 5.91 Å². The van der Waals surface area contributed by atoms with Gasteiger partial charge in [-0.15, -0.1) is 12.3 Å². The second-order valence-electron chi connectivity index (χ2n) is 3.36. The molecule has 0 atom stereocenters. The molecule has 94 valence electrons. The summed E-state index contributed by atoms with van der Waals surface area (Å²) in [6.07, 6.45) is 6.41. The van der Waals surface area contributed by atoms with Crippen LogP contribution in [0.3, 0.4) is 0 Å². The van der Waals surface area contributed by atoms with Gasteiger partial charge < -0.3 is 10.4 Å². The van der Waals surface area contributed by atoms with E-state index in [9.17, 15) is 14.4 Å². The predicted octanol–water partition coefficient (Wildman–Crippen LogP) is 0.480. The molecule has 0 saturated carbocycles. The lowest BCUT2D eigenvalue weighted by Gasteiger charge is -2.04. The molecular weight excluding hydrogens is 224 g/mol. The summed E-state index contributed by atoms with van der Waals surface area (Å²) in [5, 5.41) is 12.9. The first-order valence-corrected chi connectivity index (χ1v) is 5.29. The number of unbranched alkanes of at least 4 members (excludes halogenated alkanes) is 1. The van der Waals surface area contributed by atoms with Gasteiger partial charge in [0, 0.05) is 25.8 Å². The number of imide groups is 1. The van der Waals surface area contributed by atoms with Crippen LogP contribution >= 0.6 is 0 Å². The number of hydrogen-bond acceptors (Lipinski definition) is 3. The lowest BCUT2D eigenvalue weighted by Crippen LogP contribution is -2.39. The zero-order valence-electron chi connectivity index (χ0n) is 9.49. The average Bonchev–Trinajstić information content (AvgIpc) is 2.24. The van der Waals surface area contributed by atoms with E-state index in [4.69, 9.17) is 11.5 Å². The van der Waals surface area contributed by atoms with E-state index in [0.29, 0.717) is 25.8 Å². The van der Waals surface area contributed by atoms with Crippen molar-refractivity contribution in [3.63, 3.8) is 0 Å². The van der Waals surface area contributed by atoms with Crippen molar-refractivity contribution in [1.82, 2.24) is 10.6 Å². The fourth-order valence-corrected chi connectivity index (χ4v) is 1.04. The molecular formula is C11H16N2O4. The first kappa shape index (κ1) is 15.0. The molecule has 0 aliphatic carbocycles. The number of hydrogen-bond donors (Lipinski definition) is 3. The molecule has 0 rings (SSSR count). The number of carbonyl (C=O) groups excluding carboxylic acids is 2. The molecule has 0 unspecified atom stereocenters. The van der Waals surface area contributed by atoms with Gasteiger partial charge in [-0.3, -0.25) is 14.9 Å². The van der Waals surface area contributed by atoms with Crippen molar-refractivity contribution < 1.29 is 19.5 Å².